The molecular weight excluding hydrogens is 387 g/mol. The Morgan fingerprint density at radius 2 is 1.79 bits per heavy atom. The van der Waals surface area contributed by atoms with Crippen molar-refractivity contribution in [1.29, 1.82) is 0 Å². The van der Waals surface area contributed by atoms with Gasteiger partial charge in [-0.05, 0) is 53.0 Å². The summed E-state index contributed by atoms with van der Waals surface area (Å²) >= 11 is 6.44. The molecule has 0 aliphatic heterocycles. The Balaban J connectivity index is 1.89. The predicted octanol–water partition coefficient (Wildman–Crippen LogP) is 6.36. The molecule has 0 bridgehead atoms. The number of rotatable bonds is 3. The van der Waals surface area contributed by atoms with E-state index in [1.54, 1.807) is 12.3 Å². The van der Waals surface area contributed by atoms with Crippen LogP contribution in [0.2, 0.25) is 5.15 Å². The first-order chi connectivity index (χ1) is 13.5. The van der Waals surface area contributed by atoms with Gasteiger partial charge in [0, 0.05) is 16.3 Å². The fourth-order valence-corrected chi connectivity index (χ4v) is 4.89. The van der Waals surface area contributed by atoms with Gasteiger partial charge in [-0.1, -0.05) is 52.3 Å². The number of benzene rings is 2. The molecule has 0 radical (unpaired) electrons. The van der Waals surface area contributed by atoms with Crippen molar-refractivity contribution < 1.29 is 4.39 Å². The van der Waals surface area contributed by atoms with E-state index in [9.17, 15) is 0 Å². The van der Waals surface area contributed by atoms with E-state index in [4.69, 9.17) is 11.6 Å². The summed E-state index contributed by atoms with van der Waals surface area (Å²) in [7, 11) is 0. The molecule has 2 N–H and O–H groups in total. The van der Waals surface area contributed by atoms with Crippen LogP contribution < -0.4 is 0 Å². The lowest BCUT2D eigenvalue weighted by Gasteiger charge is -2.29. The molecule has 0 aliphatic rings. The Morgan fingerprint density at radius 3 is 2.48 bits per heavy atom. The van der Waals surface area contributed by atoms with Crippen LogP contribution in [0.4, 0.5) is 4.39 Å². The molecule has 0 aliphatic carbocycles. The Bertz CT molecular complexity index is 1230. The largest absolute Gasteiger partial charge is 0.278 e. The molecule has 4 rings (SSSR count). The van der Waals surface area contributed by atoms with E-state index in [-0.39, 0.29) is 16.6 Å². The Morgan fingerprint density at radius 1 is 1.07 bits per heavy atom. The molecular formula is C23H26ClFN4. The number of aryl methyl sites for hydroxylation is 1. The third kappa shape index (κ3) is 3.21. The molecule has 0 spiro atoms. The molecule has 0 fully saturated rings. The van der Waals surface area contributed by atoms with Crippen molar-refractivity contribution in [2.75, 3.05) is 0 Å². The van der Waals surface area contributed by atoms with Crippen LogP contribution in [0.3, 0.4) is 0 Å². The lowest BCUT2D eigenvalue weighted by Crippen LogP contribution is -2.23. The Labute approximate surface area is 174 Å². The normalized spacial score (nSPS) is 13.0. The van der Waals surface area contributed by atoms with Crippen molar-refractivity contribution in [3.05, 3.63) is 57.6 Å². The Kier molecular flexibility index (Phi) is 4.50. The summed E-state index contributed by atoms with van der Waals surface area (Å²) in [6.07, 6.45) is 2.36. The highest BCUT2D eigenvalue weighted by Crippen LogP contribution is 2.40. The minimum Gasteiger partial charge on any atom is -0.278 e. The lowest BCUT2D eigenvalue weighted by molar-refractivity contribution is 0.512. The van der Waals surface area contributed by atoms with Gasteiger partial charge >= 0.3 is 0 Å². The number of hydrogen-bond acceptors (Lipinski definition) is 2. The number of hydrogen-bond donors (Lipinski definition) is 2. The van der Waals surface area contributed by atoms with Gasteiger partial charge in [-0.3, -0.25) is 10.2 Å². The van der Waals surface area contributed by atoms with Gasteiger partial charge in [0.15, 0.2) is 0 Å². The number of aromatic amines is 2. The third-order valence-corrected chi connectivity index (χ3v) is 5.99. The number of nitrogens with zero attached hydrogens (tertiary/aromatic N) is 2. The molecule has 2 aromatic carbocycles. The molecule has 4 aromatic rings. The lowest BCUT2D eigenvalue weighted by atomic mass is 9.75. The van der Waals surface area contributed by atoms with Crippen molar-refractivity contribution in [1.82, 2.24) is 20.4 Å². The van der Waals surface area contributed by atoms with Crippen LogP contribution in [0.5, 0.6) is 0 Å². The molecule has 0 atom stereocenters. The van der Waals surface area contributed by atoms with Crippen LogP contribution in [-0.2, 0) is 17.3 Å². The van der Waals surface area contributed by atoms with Crippen molar-refractivity contribution >= 4 is 33.4 Å². The average Bonchev–Trinajstić information content (AvgIpc) is 3.20. The maximum absolute atomic E-state index is 15.2. The minimum absolute atomic E-state index is 0.187. The molecule has 29 heavy (non-hydrogen) atoms. The quantitative estimate of drug-likeness (QED) is 0.411. The zero-order valence-electron chi connectivity index (χ0n) is 17.7. The monoisotopic (exact) mass is 412 g/mol. The maximum atomic E-state index is 15.2. The molecule has 0 unspecified atom stereocenters. The Hall–Kier alpha value is -2.40. The topological polar surface area (TPSA) is 57.4 Å². The van der Waals surface area contributed by atoms with Gasteiger partial charge in [0.25, 0.3) is 0 Å². The van der Waals surface area contributed by atoms with Gasteiger partial charge in [0.1, 0.15) is 11.0 Å². The smallest absolute Gasteiger partial charge is 0.132 e. The van der Waals surface area contributed by atoms with Crippen molar-refractivity contribution in [2.24, 2.45) is 0 Å². The first kappa shape index (κ1) is 19.9. The number of halogens is 2. The van der Waals surface area contributed by atoms with Gasteiger partial charge in [0.2, 0.25) is 0 Å². The van der Waals surface area contributed by atoms with E-state index < -0.39 is 0 Å². The summed E-state index contributed by atoms with van der Waals surface area (Å²) < 4.78 is 15.2. The predicted molar refractivity (Wildman–Crippen MR) is 117 cm³/mol. The highest BCUT2D eigenvalue weighted by atomic mass is 35.5. The van der Waals surface area contributed by atoms with Crippen LogP contribution in [0, 0.1) is 12.7 Å². The third-order valence-electron chi connectivity index (χ3n) is 5.71. The summed E-state index contributed by atoms with van der Waals surface area (Å²) in [4.78, 5) is 0. The van der Waals surface area contributed by atoms with Crippen LogP contribution in [0.15, 0.2) is 24.4 Å². The summed E-state index contributed by atoms with van der Waals surface area (Å²) in [5.41, 5.74) is 4.98. The highest BCUT2D eigenvalue weighted by Gasteiger charge is 2.30. The van der Waals surface area contributed by atoms with Crippen molar-refractivity contribution in [2.45, 2.75) is 58.8 Å². The van der Waals surface area contributed by atoms with E-state index in [2.05, 4.69) is 47.2 Å². The van der Waals surface area contributed by atoms with Gasteiger partial charge in [0.05, 0.1) is 17.2 Å². The SMILES string of the molecule is Cc1ccc2n[nH]c(Cl)c2c1C(C)(C)Cc1cc(F)c(C(C)(C)C)c2cn[nH]c12. The summed E-state index contributed by atoms with van der Waals surface area (Å²) in [5, 5.41) is 16.8. The fourth-order valence-electron chi connectivity index (χ4n) is 4.66. The first-order valence-corrected chi connectivity index (χ1v) is 10.2. The zero-order chi connectivity index (χ0) is 21.1. The van der Waals surface area contributed by atoms with Gasteiger partial charge < -0.3 is 0 Å². The molecule has 0 amide bonds. The standard InChI is InChI=1S/C23H26ClFN4/c1-12-7-8-16-17(21(24)29-27-16)18(12)23(5,6)10-13-9-15(25)19(22(2,3)4)14-11-26-28-20(13)14/h7-9,11H,10H2,1-6H3,(H,26,28)(H,27,29). The van der Waals surface area contributed by atoms with E-state index in [0.717, 1.165) is 38.5 Å². The van der Waals surface area contributed by atoms with Crippen LogP contribution in [0.25, 0.3) is 21.8 Å². The van der Waals surface area contributed by atoms with E-state index in [1.165, 1.54) is 0 Å². The molecule has 2 aromatic heterocycles. The minimum atomic E-state index is -0.313. The number of fused-ring (bicyclic) bond motifs is 2. The van der Waals surface area contributed by atoms with Crippen molar-refractivity contribution in [3.63, 3.8) is 0 Å². The van der Waals surface area contributed by atoms with E-state index in [0.29, 0.717) is 17.1 Å². The maximum Gasteiger partial charge on any atom is 0.132 e. The molecule has 0 saturated carbocycles. The molecule has 6 heteroatoms. The second-order valence-corrected chi connectivity index (χ2v) is 9.93. The summed E-state index contributed by atoms with van der Waals surface area (Å²) in [5.74, 6) is -0.187. The van der Waals surface area contributed by atoms with Crippen LogP contribution in [0.1, 0.15) is 56.9 Å². The van der Waals surface area contributed by atoms with Gasteiger partial charge in [-0.15, -0.1) is 0 Å². The van der Waals surface area contributed by atoms with Crippen LogP contribution >= 0.6 is 11.6 Å². The molecule has 2 heterocycles. The number of nitrogens with one attached hydrogen (secondary N) is 2. The van der Waals surface area contributed by atoms with Gasteiger partial charge in [-0.2, -0.15) is 10.2 Å². The summed E-state index contributed by atoms with van der Waals surface area (Å²) in [6.45, 7) is 12.5. The number of H-pyrrole nitrogens is 2. The molecule has 152 valence electrons. The number of aromatic nitrogens is 4. The van der Waals surface area contributed by atoms with E-state index in [1.807, 2.05) is 26.8 Å². The first-order valence-electron chi connectivity index (χ1n) is 9.79. The molecule has 4 nitrogen and oxygen atoms in total. The average molecular weight is 413 g/mol. The second-order valence-electron chi connectivity index (χ2n) is 9.55. The fraction of sp³-hybridized carbons (Fsp3) is 0.391. The van der Waals surface area contributed by atoms with E-state index >= 15 is 4.39 Å². The highest BCUT2D eigenvalue weighted by molar-refractivity contribution is 6.34. The molecule has 0 saturated heterocycles. The zero-order valence-corrected chi connectivity index (χ0v) is 18.4. The summed E-state index contributed by atoms with van der Waals surface area (Å²) in [6, 6.07) is 5.69. The van der Waals surface area contributed by atoms with Crippen molar-refractivity contribution in [3.8, 4) is 0 Å². The van der Waals surface area contributed by atoms with Crippen LogP contribution in [-0.4, -0.2) is 20.4 Å². The second kappa shape index (κ2) is 6.56. The van der Waals surface area contributed by atoms with Gasteiger partial charge in [-0.25, -0.2) is 4.39 Å².